The zero-order valence-corrected chi connectivity index (χ0v) is 19.0. The van der Waals surface area contributed by atoms with Crippen LogP contribution in [0.25, 0.3) is 0 Å². The lowest BCUT2D eigenvalue weighted by atomic mass is 10.00. The Morgan fingerprint density at radius 1 is 1.23 bits per heavy atom. The van der Waals surface area contributed by atoms with Gasteiger partial charge in [-0.05, 0) is 60.8 Å². The van der Waals surface area contributed by atoms with Crippen LogP contribution in [0.4, 0.5) is 18.0 Å². The molecule has 5 nitrogen and oxygen atoms in total. The fourth-order valence-corrected chi connectivity index (χ4v) is 4.20. The second kappa shape index (κ2) is 9.38. The van der Waals surface area contributed by atoms with E-state index in [1.807, 2.05) is 0 Å². The molecule has 30 heavy (non-hydrogen) atoms. The Morgan fingerprint density at radius 2 is 1.90 bits per heavy atom. The largest absolute Gasteiger partial charge is 0.465 e. The molecule has 0 aliphatic heterocycles. The fraction of sp³-hybridized carbons (Fsp3) is 0.400. The van der Waals surface area contributed by atoms with Crippen molar-refractivity contribution >= 4 is 39.3 Å². The first-order chi connectivity index (χ1) is 13.8. The van der Waals surface area contributed by atoms with Crippen LogP contribution < -0.4 is 5.32 Å². The average molecular weight is 507 g/mol. The van der Waals surface area contributed by atoms with Crippen molar-refractivity contribution in [3.05, 3.63) is 56.2 Å². The topological polar surface area (TPSA) is 69.6 Å². The molecule has 0 radical (unpaired) electrons. The number of carbonyl (C=O) groups is 2. The summed E-state index contributed by atoms with van der Waals surface area (Å²) in [7, 11) is 0. The summed E-state index contributed by atoms with van der Waals surface area (Å²) in [4.78, 5) is 25.9. The maximum Gasteiger partial charge on any atom is 0.416 e. The minimum Gasteiger partial charge on any atom is -0.465 e. The van der Waals surface area contributed by atoms with Crippen molar-refractivity contribution in [2.24, 2.45) is 0 Å². The van der Waals surface area contributed by atoms with Crippen LogP contribution in [0.2, 0.25) is 0 Å². The van der Waals surface area contributed by atoms with Crippen LogP contribution >= 0.6 is 27.3 Å². The van der Waals surface area contributed by atoms with E-state index in [2.05, 4.69) is 21.2 Å². The summed E-state index contributed by atoms with van der Waals surface area (Å²) in [5.41, 5.74) is -1.20. The van der Waals surface area contributed by atoms with Crippen molar-refractivity contribution in [2.45, 2.75) is 44.9 Å². The first-order valence-electron chi connectivity index (χ1n) is 8.99. The van der Waals surface area contributed by atoms with Crippen molar-refractivity contribution in [3.8, 4) is 0 Å². The minimum atomic E-state index is -4.49. The zero-order chi connectivity index (χ0) is 22.7. The van der Waals surface area contributed by atoms with Gasteiger partial charge in [0, 0.05) is 21.9 Å². The highest BCUT2D eigenvalue weighted by molar-refractivity contribution is 9.10. The molecule has 1 heterocycles. The van der Waals surface area contributed by atoms with Crippen LogP contribution in [-0.2, 0) is 12.6 Å². The molecule has 0 bridgehead atoms. The molecular weight excluding hydrogens is 485 g/mol. The molecule has 10 heteroatoms. The predicted octanol–water partition coefficient (Wildman–Crippen LogP) is 5.65. The third kappa shape index (κ3) is 6.73. The van der Waals surface area contributed by atoms with Crippen molar-refractivity contribution in [1.82, 2.24) is 10.2 Å². The van der Waals surface area contributed by atoms with Crippen molar-refractivity contribution < 1.29 is 27.9 Å². The molecule has 0 fully saturated rings. The quantitative estimate of drug-likeness (QED) is 0.531. The van der Waals surface area contributed by atoms with Gasteiger partial charge in [-0.25, -0.2) is 4.79 Å². The van der Waals surface area contributed by atoms with Gasteiger partial charge in [0.2, 0.25) is 0 Å². The average Bonchev–Trinajstić information content (AvgIpc) is 3.04. The summed E-state index contributed by atoms with van der Waals surface area (Å²) in [6.07, 6.45) is -5.62. The number of benzene rings is 1. The van der Waals surface area contributed by atoms with Gasteiger partial charge in [-0.2, -0.15) is 13.2 Å². The lowest BCUT2D eigenvalue weighted by Gasteiger charge is -2.36. The normalized spacial score (nSPS) is 13.0. The third-order valence-corrected chi connectivity index (χ3v) is 6.00. The minimum absolute atomic E-state index is 0.0437. The van der Waals surface area contributed by atoms with Gasteiger partial charge >= 0.3 is 12.3 Å². The summed E-state index contributed by atoms with van der Waals surface area (Å²) in [6.45, 7) is 5.05. The standard InChI is InChI=1S/C20H22BrF3N2O3S/c1-19(2,3)26(18(28)29)10-15(25-17(27)16-9-14(21)11-30-16)8-12-5-4-6-13(7-12)20(22,23)24/h4-7,9,11,15H,8,10H2,1-3H3,(H,25,27)(H,28,29)/t15-/m1/s1. The summed E-state index contributed by atoms with van der Waals surface area (Å²) >= 11 is 4.48. The number of rotatable bonds is 6. The number of hydrogen-bond acceptors (Lipinski definition) is 3. The summed E-state index contributed by atoms with van der Waals surface area (Å²) in [6, 6.07) is 5.71. The Balaban J connectivity index is 2.30. The molecule has 164 valence electrons. The van der Waals surface area contributed by atoms with Crippen molar-refractivity contribution in [2.75, 3.05) is 6.54 Å². The van der Waals surface area contributed by atoms with E-state index in [4.69, 9.17) is 0 Å². The monoisotopic (exact) mass is 506 g/mol. The second-order valence-electron chi connectivity index (χ2n) is 7.77. The molecule has 2 amide bonds. The van der Waals surface area contributed by atoms with Crippen LogP contribution in [0.15, 0.2) is 40.2 Å². The lowest BCUT2D eigenvalue weighted by molar-refractivity contribution is -0.137. The second-order valence-corrected chi connectivity index (χ2v) is 9.59. The van der Waals surface area contributed by atoms with Crippen LogP contribution in [0.1, 0.15) is 41.6 Å². The smallest absolute Gasteiger partial charge is 0.416 e. The maximum atomic E-state index is 13.1. The van der Waals surface area contributed by atoms with Crippen LogP contribution in [-0.4, -0.2) is 40.1 Å². The van der Waals surface area contributed by atoms with E-state index >= 15 is 0 Å². The molecule has 1 atom stereocenters. The third-order valence-electron chi connectivity index (χ3n) is 4.31. The molecule has 2 N–H and O–H groups in total. The number of nitrogens with zero attached hydrogens (tertiary/aromatic N) is 1. The van der Waals surface area contributed by atoms with E-state index in [1.54, 1.807) is 32.2 Å². The predicted molar refractivity (Wildman–Crippen MR) is 113 cm³/mol. The first kappa shape index (κ1) is 24.2. The van der Waals surface area contributed by atoms with Gasteiger partial charge in [-0.3, -0.25) is 4.79 Å². The molecule has 0 spiro atoms. The van der Waals surface area contributed by atoms with Gasteiger partial charge in [-0.1, -0.05) is 18.2 Å². The van der Waals surface area contributed by atoms with Gasteiger partial charge in [0.1, 0.15) is 0 Å². The highest BCUT2D eigenvalue weighted by Gasteiger charge is 2.32. The Labute approximate surface area is 185 Å². The molecule has 0 aliphatic rings. The van der Waals surface area contributed by atoms with Gasteiger partial charge in [-0.15, -0.1) is 11.3 Å². The molecular formula is C20H22BrF3N2O3S. The summed E-state index contributed by atoms with van der Waals surface area (Å²) in [5.74, 6) is -0.415. The molecule has 0 unspecified atom stereocenters. The van der Waals surface area contributed by atoms with E-state index in [0.717, 1.165) is 21.5 Å². The maximum absolute atomic E-state index is 13.1. The molecule has 1 aromatic heterocycles. The van der Waals surface area contributed by atoms with E-state index in [9.17, 15) is 27.9 Å². The summed E-state index contributed by atoms with van der Waals surface area (Å²) in [5, 5.41) is 14.1. The van der Waals surface area contributed by atoms with Crippen LogP contribution in [0.5, 0.6) is 0 Å². The molecule has 2 rings (SSSR count). The number of thiophene rings is 1. The zero-order valence-electron chi connectivity index (χ0n) is 16.6. The number of nitrogens with one attached hydrogen (secondary N) is 1. The molecule has 0 saturated heterocycles. The van der Waals surface area contributed by atoms with Gasteiger partial charge in [0.25, 0.3) is 5.91 Å². The van der Waals surface area contributed by atoms with Gasteiger partial charge in [0.15, 0.2) is 0 Å². The molecule has 1 aromatic carbocycles. The SMILES string of the molecule is CC(C)(C)N(C[C@@H](Cc1cccc(C(F)(F)F)c1)NC(=O)c1cc(Br)cs1)C(=O)O. The van der Waals surface area contributed by atoms with Crippen molar-refractivity contribution in [3.63, 3.8) is 0 Å². The highest BCUT2D eigenvalue weighted by Crippen LogP contribution is 2.30. The Hall–Kier alpha value is -2.07. The molecule has 0 aliphatic carbocycles. The van der Waals surface area contributed by atoms with E-state index in [1.165, 1.54) is 23.5 Å². The molecule has 2 aromatic rings. The first-order valence-corrected chi connectivity index (χ1v) is 10.7. The van der Waals surface area contributed by atoms with Crippen LogP contribution in [0.3, 0.4) is 0 Å². The van der Waals surface area contributed by atoms with Crippen LogP contribution in [0, 0.1) is 0 Å². The van der Waals surface area contributed by atoms with Gasteiger partial charge < -0.3 is 15.3 Å². The fourth-order valence-electron chi connectivity index (χ4n) is 2.87. The number of carbonyl (C=O) groups excluding carboxylic acids is 1. The Kier molecular flexibility index (Phi) is 7.57. The van der Waals surface area contributed by atoms with E-state index in [0.29, 0.717) is 10.4 Å². The number of amides is 2. The lowest BCUT2D eigenvalue weighted by Crippen LogP contribution is -2.53. The van der Waals surface area contributed by atoms with E-state index < -0.39 is 35.3 Å². The van der Waals surface area contributed by atoms with Crippen molar-refractivity contribution in [1.29, 1.82) is 0 Å². The number of carboxylic acid groups (broad SMARTS) is 1. The Bertz CT molecular complexity index is 909. The Morgan fingerprint density at radius 3 is 2.40 bits per heavy atom. The number of alkyl halides is 3. The number of halogens is 4. The highest BCUT2D eigenvalue weighted by atomic mass is 79.9. The van der Waals surface area contributed by atoms with Gasteiger partial charge in [0.05, 0.1) is 16.5 Å². The summed E-state index contributed by atoms with van der Waals surface area (Å²) < 4.78 is 39.9. The van der Waals surface area contributed by atoms with E-state index in [-0.39, 0.29) is 13.0 Å². The number of hydrogen-bond donors (Lipinski definition) is 2. The molecule has 0 saturated carbocycles.